The average Bonchev–Trinajstić information content (AvgIpc) is 3.27. The van der Waals surface area contributed by atoms with Crippen molar-refractivity contribution in [1.82, 2.24) is 5.32 Å². The number of carbonyl (C=O) groups excluding carboxylic acids is 2. The number of amides is 1. The van der Waals surface area contributed by atoms with Gasteiger partial charge in [0.2, 0.25) is 5.91 Å². The number of carbonyl (C=O) groups is 2. The fraction of sp³-hybridized carbons (Fsp3) is 0.857. The van der Waals surface area contributed by atoms with Gasteiger partial charge in [0.1, 0.15) is 19.3 Å². The molecule has 0 fully saturated rings. The predicted octanol–water partition coefficient (Wildman–Crippen LogP) is 16.4. The highest BCUT2D eigenvalue weighted by Crippen LogP contribution is 2.43. The molecule has 3 unspecified atom stereocenters. The zero-order valence-electron chi connectivity index (χ0n) is 44.2. The van der Waals surface area contributed by atoms with Crippen molar-refractivity contribution in [3.63, 3.8) is 0 Å². The first-order valence-corrected chi connectivity index (χ1v) is 29.3. The Kier molecular flexibility index (Phi) is 45.7. The van der Waals surface area contributed by atoms with Crippen LogP contribution in [0, 0.1) is 0 Å². The van der Waals surface area contributed by atoms with Crippen molar-refractivity contribution in [3.8, 4) is 0 Å². The van der Waals surface area contributed by atoms with Crippen LogP contribution in [0.25, 0.3) is 0 Å². The van der Waals surface area contributed by atoms with Gasteiger partial charge in [-0.2, -0.15) is 0 Å². The first-order chi connectivity index (χ1) is 31.9. The van der Waals surface area contributed by atoms with Gasteiger partial charge in [-0.1, -0.05) is 225 Å². The summed E-state index contributed by atoms with van der Waals surface area (Å²) in [5, 5.41) is 3.04. The summed E-state index contributed by atoms with van der Waals surface area (Å²) in [6.07, 6.45) is 54.2. The molecule has 0 aromatic heterocycles. The van der Waals surface area contributed by atoms with Crippen LogP contribution in [0.2, 0.25) is 0 Å². The van der Waals surface area contributed by atoms with Crippen LogP contribution < -0.4 is 5.32 Å². The van der Waals surface area contributed by atoms with E-state index in [-0.39, 0.29) is 25.1 Å². The number of esters is 1. The second kappa shape index (κ2) is 46.9. The van der Waals surface area contributed by atoms with E-state index in [1.54, 1.807) is 0 Å². The van der Waals surface area contributed by atoms with Crippen LogP contribution >= 0.6 is 7.82 Å². The molecule has 0 saturated heterocycles. The summed E-state index contributed by atoms with van der Waals surface area (Å²) in [5.74, 6) is -0.508. The van der Waals surface area contributed by atoms with E-state index < -0.39 is 20.0 Å². The van der Waals surface area contributed by atoms with Gasteiger partial charge >= 0.3 is 13.8 Å². The molecule has 0 aromatic rings. The minimum absolute atomic E-state index is 0.0403. The lowest BCUT2D eigenvalue weighted by molar-refractivity contribution is -0.870. The number of nitrogens with zero attached hydrogens (tertiary/aromatic N) is 1. The van der Waals surface area contributed by atoms with Crippen molar-refractivity contribution in [1.29, 1.82) is 0 Å². The van der Waals surface area contributed by atoms with Crippen LogP contribution in [0.3, 0.4) is 0 Å². The SMILES string of the molecule is CC/C=C/C/C=C/CCCCCCCCCC(=O)NC(COP(=O)(O)OCC[N+](C)(C)C)C(/C=C/CCCCCCCCCCC)OC(=O)CCCCCCCCCCCCCCCCC. The molecule has 2 N–H and O–H groups in total. The smallest absolute Gasteiger partial charge is 0.456 e. The van der Waals surface area contributed by atoms with Gasteiger partial charge in [-0.15, -0.1) is 0 Å². The molecule has 0 aromatic carbocycles. The molecule has 1 amide bonds. The molecule has 0 rings (SSSR count). The number of phosphoric ester groups is 1. The zero-order chi connectivity index (χ0) is 48.7. The first-order valence-electron chi connectivity index (χ1n) is 27.8. The largest absolute Gasteiger partial charge is 0.472 e. The maximum absolute atomic E-state index is 13.5. The van der Waals surface area contributed by atoms with Crippen molar-refractivity contribution < 1.29 is 37.3 Å². The maximum atomic E-state index is 13.5. The lowest BCUT2D eigenvalue weighted by Gasteiger charge is -2.27. The van der Waals surface area contributed by atoms with Crippen LogP contribution in [0.4, 0.5) is 0 Å². The van der Waals surface area contributed by atoms with Gasteiger partial charge < -0.3 is 19.4 Å². The Morgan fingerprint density at radius 2 is 0.970 bits per heavy atom. The topological polar surface area (TPSA) is 111 Å². The summed E-state index contributed by atoms with van der Waals surface area (Å²) in [5.41, 5.74) is 0. The Labute approximate surface area is 408 Å². The Morgan fingerprint density at radius 1 is 0.545 bits per heavy atom. The van der Waals surface area contributed by atoms with Gasteiger partial charge in [0.25, 0.3) is 0 Å². The van der Waals surface area contributed by atoms with E-state index in [2.05, 4.69) is 50.4 Å². The molecule has 66 heavy (non-hydrogen) atoms. The molecular formula is C56H108N2O7P+. The second-order valence-corrected chi connectivity index (χ2v) is 21.5. The van der Waals surface area contributed by atoms with E-state index in [1.807, 2.05) is 33.3 Å². The molecule has 0 saturated carbocycles. The van der Waals surface area contributed by atoms with E-state index in [1.165, 1.54) is 141 Å². The van der Waals surface area contributed by atoms with Crippen molar-refractivity contribution in [2.45, 2.75) is 270 Å². The zero-order valence-corrected chi connectivity index (χ0v) is 45.1. The number of unbranched alkanes of at least 4 members (excludes halogenated alkanes) is 30. The van der Waals surface area contributed by atoms with Gasteiger partial charge in [0, 0.05) is 12.8 Å². The Hall–Kier alpha value is -1.77. The van der Waals surface area contributed by atoms with Gasteiger partial charge in [-0.25, -0.2) is 4.57 Å². The highest BCUT2D eigenvalue weighted by Gasteiger charge is 2.30. The van der Waals surface area contributed by atoms with Gasteiger partial charge in [0.05, 0.1) is 33.8 Å². The number of phosphoric acid groups is 1. The average molecular weight is 952 g/mol. The molecule has 0 aliphatic carbocycles. The van der Waals surface area contributed by atoms with Crippen molar-refractivity contribution in [2.75, 3.05) is 40.9 Å². The summed E-state index contributed by atoms with van der Waals surface area (Å²) in [6.45, 7) is 6.91. The molecule has 0 spiro atoms. The van der Waals surface area contributed by atoms with E-state index in [0.717, 1.165) is 83.5 Å². The van der Waals surface area contributed by atoms with Gasteiger partial charge in [-0.3, -0.25) is 18.6 Å². The Bertz CT molecular complexity index is 1230. The molecule has 0 radical (unpaired) electrons. The Balaban J connectivity index is 5.34. The van der Waals surface area contributed by atoms with E-state index in [9.17, 15) is 19.0 Å². The van der Waals surface area contributed by atoms with Crippen LogP contribution in [-0.2, 0) is 27.9 Å². The quantitative estimate of drug-likeness (QED) is 0.0205. The first kappa shape index (κ1) is 64.2. The molecule has 9 nitrogen and oxygen atoms in total. The number of rotatable bonds is 50. The highest BCUT2D eigenvalue weighted by molar-refractivity contribution is 7.47. The number of nitrogens with one attached hydrogen (secondary N) is 1. The highest BCUT2D eigenvalue weighted by atomic mass is 31.2. The van der Waals surface area contributed by atoms with E-state index in [4.69, 9.17) is 13.8 Å². The van der Waals surface area contributed by atoms with Crippen molar-refractivity contribution >= 4 is 19.7 Å². The second-order valence-electron chi connectivity index (χ2n) is 20.1. The third kappa shape index (κ3) is 47.3. The lowest BCUT2D eigenvalue weighted by Crippen LogP contribution is -2.47. The van der Waals surface area contributed by atoms with Crippen molar-refractivity contribution in [2.24, 2.45) is 0 Å². The third-order valence-electron chi connectivity index (χ3n) is 12.3. The van der Waals surface area contributed by atoms with Crippen LogP contribution in [0.1, 0.15) is 258 Å². The minimum Gasteiger partial charge on any atom is -0.456 e. The van der Waals surface area contributed by atoms with Crippen LogP contribution in [0.5, 0.6) is 0 Å². The number of hydrogen-bond donors (Lipinski definition) is 2. The fourth-order valence-electron chi connectivity index (χ4n) is 8.04. The monoisotopic (exact) mass is 952 g/mol. The molecule has 10 heteroatoms. The minimum atomic E-state index is -4.44. The van der Waals surface area contributed by atoms with Gasteiger partial charge in [0.15, 0.2) is 0 Å². The number of allylic oxidation sites excluding steroid dienone is 5. The van der Waals surface area contributed by atoms with Crippen LogP contribution in [0.15, 0.2) is 36.5 Å². The summed E-state index contributed by atoms with van der Waals surface area (Å²) in [7, 11) is 1.50. The Morgan fingerprint density at radius 3 is 1.44 bits per heavy atom. The molecule has 0 aliphatic rings. The number of ether oxygens (including phenoxy) is 1. The fourth-order valence-corrected chi connectivity index (χ4v) is 8.77. The summed E-state index contributed by atoms with van der Waals surface area (Å²) in [4.78, 5) is 37.5. The normalized spacial score (nSPS) is 14.1. The van der Waals surface area contributed by atoms with E-state index in [0.29, 0.717) is 23.9 Å². The lowest BCUT2D eigenvalue weighted by atomic mass is 10.0. The summed E-state index contributed by atoms with van der Waals surface area (Å²) < 4.78 is 30.6. The summed E-state index contributed by atoms with van der Waals surface area (Å²) in [6, 6.07) is -0.846. The number of quaternary nitrogens is 1. The molecule has 388 valence electrons. The van der Waals surface area contributed by atoms with Crippen molar-refractivity contribution in [3.05, 3.63) is 36.5 Å². The standard InChI is InChI=1S/C56H107N2O7P/c1-7-10-13-16-19-22-25-27-29-31-34-37-40-43-46-49-56(60)65-54(47-44-41-38-35-32-24-21-18-15-12-9-3)53(52-64-66(61,62)63-51-50-58(4,5)6)57-55(59)48-45-42-39-36-33-30-28-26-23-20-17-14-11-8-2/h11,14,20,23,44,47,53-54H,7-10,12-13,15-19,21-22,24-43,45-46,48-52H2,1-6H3,(H-,57,59,61,62)/p+1/b14-11+,23-20+,47-44+. The molecule has 0 heterocycles. The number of likely N-dealkylation sites (N-methyl/N-ethyl adjacent to an activating group) is 1. The molecular weight excluding hydrogens is 844 g/mol. The number of hydrogen-bond acceptors (Lipinski definition) is 6. The third-order valence-corrected chi connectivity index (χ3v) is 13.3. The maximum Gasteiger partial charge on any atom is 0.472 e. The van der Waals surface area contributed by atoms with Crippen LogP contribution in [-0.4, -0.2) is 74.3 Å². The molecule has 0 bridgehead atoms. The molecule has 3 atom stereocenters. The van der Waals surface area contributed by atoms with E-state index >= 15 is 0 Å². The predicted molar refractivity (Wildman–Crippen MR) is 282 cm³/mol. The van der Waals surface area contributed by atoms with Gasteiger partial charge in [-0.05, 0) is 57.4 Å². The molecule has 0 aliphatic heterocycles. The summed E-state index contributed by atoms with van der Waals surface area (Å²) >= 11 is 0.